The van der Waals surface area contributed by atoms with Crippen LogP contribution in [0.5, 0.6) is 5.75 Å². The maximum absolute atomic E-state index is 12.4. The van der Waals surface area contributed by atoms with Gasteiger partial charge in [-0.15, -0.1) is 0 Å². The van der Waals surface area contributed by atoms with Crippen molar-refractivity contribution in [1.82, 2.24) is 15.6 Å². The molecule has 0 saturated carbocycles. The van der Waals surface area contributed by atoms with Crippen molar-refractivity contribution in [2.24, 2.45) is 0 Å². The molecule has 0 spiro atoms. The molecule has 0 aliphatic carbocycles. The van der Waals surface area contributed by atoms with Crippen LogP contribution in [0.2, 0.25) is 10.0 Å². The Labute approximate surface area is 196 Å². The fourth-order valence-electron chi connectivity index (χ4n) is 2.72. The quantitative estimate of drug-likeness (QED) is 0.228. The van der Waals surface area contributed by atoms with Crippen molar-refractivity contribution >= 4 is 46.7 Å². The monoisotopic (exact) mass is 500 g/mol. The summed E-state index contributed by atoms with van der Waals surface area (Å²) in [6.07, 6.45) is 0.585. The zero-order chi connectivity index (χ0) is 24.7. The van der Waals surface area contributed by atoms with E-state index in [9.17, 15) is 34.4 Å². The number of carbonyl (C=O) groups is 3. The van der Waals surface area contributed by atoms with Gasteiger partial charge in [0.15, 0.2) is 0 Å². The van der Waals surface area contributed by atoms with Crippen molar-refractivity contribution in [2.45, 2.75) is 19.4 Å². The molecule has 1 unspecified atom stereocenters. The molecular formula is C19H18Cl2N4O8. The molecule has 0 aliphatic heterocycles. The summed E-state index contributed by atoms with van der Waals surface area (Å²) in [5.41, 5.74) is -2.03. The van der Waals surface area contributed by atoms with Crippen molar-refractivity contribution in [3.05, 3.63) is 66.0 Å². The van der Waals surface area contributed by atoms with Gasteiger partial charge in [-0.3, -0.25) is 29.3 Å². The number of hydrogen-bond acceptors (Lipinski definition) is 8. The Morgan fingerprint density at radius 1 is 1.27 bits per heavy atom. The van der Waals surface area contributed by atoms with Crippen LogP contribution in [0, 0.1) is 10.1 Å². The van der Waals surface area contributed by atoms with E-state index in [0.29, 0.717) is 0 Å². The van der Waals surface area contributed by atoms with E-state index in [0.717, 1.165) is 12.3 Å². The number of H-pyrrole nitrogens is 1. The molecule has 0 saturated heterocycles. The lowest BCUT2D eigenvalue weighted by molar-refractivity contribution is -0.386. The normalized spacial score (nSPS) is 11.4. The highest BCUT2D eigenvalue weighted by Crippen LogP contribution is 2.36. The smallest absolute Gasteiger partial charge is 0.334 e. The Morgan fingerprint density at radius 2 is 1.97 bits per heavy atom. The lowest BCUT2D eigenvalue weighted by Crippen LogP contribution is -2.39. The molecule has 33 heavy (non-hydrogen) atoms. The van der Waals surface area contributed by atoms with Gasteiger partial charge >= 0.3 is 17.2 Å². The highest BCUT2D eigenvalue weighted by atomic mass is 35.5. The molecule has 2 rings (SSSR count). The number of nitro groups is 1. The minimum atomic E-state index is -1.10. The van der Waals surface area contributed by atoms with Crippen LogP contribution < -0.4 is 16.2 Å². The molecule has 12 nitrogen and oxygen atoms in total. The van der Waals surface area contributed by atoms with Crippen molar-refractivity contribution < 1.29 is 29.2 Å². The van der Waals surface area contributed by atoms with Gasteiger partial charge < -0.3 is 25.5 Å². The van der Waals surface area contributed by atoms with Gasteiger partial charge in [0, 0.05) is 22.8 Å². The zero-order valence-electron chi connectivity index (χ0n) is 17.0. The first kappa shape index (κ1) is 25.6. The molecule has 2 amide bonds. The van der Waals surface area contributed by atoms with Gasteiger partial charge in [0.05, 0.1) is 41.1 Å². The number of carbonyl (C=O) groups excluding carboxylic acids is 3. The molecule has 1 aromatic heterocycles. The van der Waals surface area contributed by atoms with Gasteiger partial charge in [0.25, 0.3) is 5.91 Å². The Kier molecular flexibility index (Phi) is 8.77. The van der Waals surface area contributed by atoms with Crippen molar-refractivity contribution in [3.63, 3.8) is 0 Å². The van der Waals surface area contributed by atoms with Crippen LogP contribution in [0.25, 0.3) is 0 Å². The number of aromatic amines is 1. The number of ether oxygens (including phenoxy) is 1. The van der Waals surface area contributed by atoms with E-state index in [2.05, 4.69) is 15.6 Å². The number of phenols is 1. The topological polar surface area (TPSA) is 181 Å². The van der Waals surface area contributed by atoms with E-state index < -0.39 is 52.3 Å². The number of benzene rings is 1. The Bertz CT molecular complexity index is 1150. The lowest BCUT2D eigenvalue weighted by Gasteiger charge is -2.20. The van der Waals surface area contributed by atoms with Crippen molar-refractivity contribution in [2.75, 3.05) is 13.2 Å². The first-order valence-electron chi connectivity index (χ1n) is 9.31. The second-order valence-corrected chi connectivity index (χ2v) is 7.34. The third kappa shape index (κ3) is 6.92. The molecular weight excluding hydrogens is 483 g/mol. The Morgan fingerprint density at radius 3 is 2.61 bits per heavy atom. The number of hydrogen-bond donors (Lipinski definition) is 4. The molecule has 1 atom stereocenters. The molecule has 176 valence electrons. The van der Waals surface area contributed by atoms with Gasteiger partial charge in [-0.05, 0) is 19.1 Å². The molecule has 0 bridgehead atoms. The molecule has 2 aromatic rings. The average molecular weight is 501 g/mol. The molecule has 1 heterocycles. The van der Waals surface area contributed by atoms with Gasteiger partial charge in [0.2, 0.25) is 5.91 Å². The number of phenolic OH excluding ortho intramolecular Hbond substituents is 1. The van der Waals surface area contributed by atoms with Crippen LogP contribution in [0.4, 0.5) is 5.69 Å². The molecule has 4 N–H and O–H groups in total. The van der Waals surface area contributed by atoms with Crippen molar-refractivity contribution in [1.29, 1.82) is 0 Å². The number of aromatic hydroxyl groups is 1. The summed E-state index contributed by atoms with van der Waals surface area (Å²) >= 11 is 11.9. The van der Waals surface area contributed by atoms with Gasteiger partial charge in [-0.25, -0.2) is 0 Å². The third-order valence-electron chi connectivity index (χ3n) is 4.20. The van der Waals surface area contributed by atoms with Crippen LogP contribution >= 0.6 is 23.2 Å². The second-order valence-electron chi connectivity index (χ2n) is 6.50. The fraction of sp³-hybridized carbons (Fsp3) is 0.263. The van der Waals surface area contributed by atoms with Crippen LogP contribution in [0.15, 0.2) is 29.2 Å². The van der Waals surface area contributed by atoms with Gasteiger partial charge in [0.1, 0.15) is 5.75 Å². The number of aromatic nitrogens is 1. The predicted molar refractivity (Wildman–Crippen MR) is 116 cm³/mol. The predicted octanol–water partition coefficient (Wildman–Crippen LogP) is 1.84. The molecule has 0 radical (unpaired) electrons. The minimum Gasteiger partial charge on any atom is -0.506 e. The number of esters is 1. The number of nitrogens with zero attached hydrogens (tertiary/aromatic N) is 1. The summed E-state index contributed by atoms with van der Waals surface area (Å²) in [7, 11) is 0. The number of halogens is 2. The first-order valence-corrected chi connectivity index (χ1v) is 10.1. The maximum atomic E-state index is 12.4. The Balaban J connectivity index is 2.15. The lowest BCUT2D eigenvalue weighted by atomic mass is 10.0. The van der Waals surface area contributed by atoms with E-state index in [-0.39, 0.29) is 34.2 Å². The summed E-state index contributed by atoms with van der Waals surface area (Å²) in [4.78, 5) is 60.0. The zero-order valence-corrected chi connectivity index (χ0v) is 18.5. The van der Waals surface area contributed by atoms with E-state index in [4.69, 9.17) is 27.9 Å². The molecule has 0 fully saturated rings. The van der Waals surface area contributed by atoms with E-state index in [1.807, 2.05) is 0 Å². The maximum Gasteiger partial charge on any atom is 0.334 e. The highest BCUT2D eigenvalue weighted by Gasteiger charge is 2.24. The SMILES string of the molecule is CCOC(=O)CC(NC(=O)CNC(=O)c1c[nH]c(=O)c([N+](=O)[O-])c1)c1cc(Cl)cc(Cl)c1O. The van der Waals surface area contributed by atoms with Crippen LogP contribution in [0.3, 0.4) is 0 Å². The van der Waals surface area contributed by atoms with Crippen molar-refractivity contribution in [3.8, 4) is 5.75 Å². The third-order valence-corrected chi connectivity index (χ3v) is 4.70. The molecule has 1 aromatic carbocycles. The average Bonchev–Trinajstić information content (AvgIpc) is 2.74. The number of pyridine rings is 1. The minimum absolute atomic E-state index is 0.0523. The number of amides is 2. The van der Waals surface area contributed by atoms with Gasteiger partial charge in [-0.1, -0.05) is 23.2 Å². The first-order chi connectivity index (χ1) is 15.5. The largest absolute Gasteiger partial charge is 0.506 e. The summed E-state index contributed by atoms with van der Waals surface area (Å²) in [5, 5.41) is 25.8. The van der Waals surface area contributed by atoms with E-state index in [1.165, 1.54) is 12.1 Å². The summed E-state index contributed by atoms with van der Waals surface area (Å²) in [6.45, 7) is 1.08. The Hall–Kier alpha value is -3.64. The summed E-state index contributed by atoms with van der Waals surface area (Å²) in [5.74, 6) is -2.73. The molecule has 0 aliphatic rings. The standard InChI is InChI=1S/C19H18Cl2N4O8/c1-2-33-16(27)6-13(11-4-10(20)5-12(21)17(11)28)24-15(26)8-23-18(29)9-3-14(25(31)32)19(30)22-7-9/h3-5,7,13,28H,2,6,8H2,1H3,(H,22,30)(H,23,29)(H,24,26). The highest BCUT2D eigenvalue weighted by molar-refractivity contribution is 6.35. The van der Waals surface area contributed by atoms with E-state index in [1.54, 1.807) is 6.92 Å². The summed E-state index contributed by atoms with van der Waals surface area (Å²) < 4.78 is 4.88. The van der Waals surface area contributed by atoms with Crippen LogP contribution in [-0.2, 0) is 14.3 Å². The van der Waals surface area contributed by atoms with E-state index >= 15 is 0 Å². The van der Waals surface area contributed by atoms with Crippen LogP contribution in [-0.4, -0.2) is 45.9 Å². The molecule has 14 heteroatoms. The number of nitrogens with one attached hydrogen (secondary N) is 3. The second kappa shape index (κ2) is 11.3. The fourth-order valence-corrected chi connectivity index (χ4v) is 3.23. The van der Waals surface area contributed by atoms with Gasteiger partial charge in [-0.2, -0.15) is 0 Å². The summed E-state index contributed by atoms with van der Waals surface area (Å²) in [6, 6.07) is 2.25. The number of rotatable bonds is 9. The van der Waals surface area contributed by atoms with Crippen LogP contribution in [0.1, 0.15) is 35.3 Å².